The molecule has 0 bridgehead atoms. The third kappa shape index (κ3) is 4.50. The molecule has 180 valence electrons. The van der Waals surface area contributed by atoms with Gasteiger partial charge in [0.2, 0.25) is 15.9 Å². The number of carbonyl (C=O) groups is 1. The number of aromatic nitrogens is 2. The highest BCUT2D eigenvalue weighted by Gasteiger charge is 2.45. The number of benzene rings is 1. The van der Waals surface area contributed by atoms with Crippen LogP contribution in [0.3, 0.4) is 0 Å². The molecule has 1 saturated heterocycles. The summed E-state index contributed by atoms with van der Waals surface area (Å²) in [4.78, 5) is 16.1. The number of fused-ring (bicyclic) bond motifs is 1. The van der Waals surface area contributed by atoms with Gasteiger partial charge in [0.1, 0.15) is 10.6 Å². The van der Waals surface area contributed by atoms with E-state index in [-0.39, 0.29) is 48.5 Å². The highest BCUT2D eigenvalue weighted by Crippen LogP contribution is 2.40. The van der Waals surface area contributed by atoms with Gasteiger partial charge in [-0.15, -0.1) is 0 Å². The van der Waals surface area contributed by atoms with E-state index >= 15 is 0 Å². The average Bonchev–Trinajstić information content (AvgIpc) is 3.24. The van der Waals surface area contributed by atoms with Crippen molar-refractivity contribution in [3.63, 3.8) is 0 Å². The van der Waals surface area contributed by atoms with E-state index in [0.717, 1.165) is 0 Å². The summed E-state index contributed by atoms with van der Waals surface area (Å²) in [7, 11) is -4.61. The molecule has 1 spiro atoms. The predicted molar refractivity (Wildman–Crippen MR) is 118 cm³/mol. The summed E-state index contributed by atoms with van der Waals surface area (Å²) in [6.07, 6.45) is 3.63. The number of aryl methyl sites for hydroxylation is 1. The van der Waals surface area contributed by atoms with Crippen molar-refractivity contribution in [2.45, 2.75) is 22.8 Å². The van der Waals surface area contributed by atoms with Gasteiger partial charge in [-0.1, -0.05) is 12.1 Å². The molecule has 3 heterocycles. The van der Waals surface area contributed by atoms with E-state index in [9.17, 15) is 21.6 Å². The molecule has 1 aromatic heterocycles. The largest absolute Gasteiger partial charge is 0.492 e. The Kier molecular flexibility index (Phi) is 6.24. The summed E-state index contributed by atoms with van der Waals surface area (Å²) in [6, 6.07) is 6.34. The van der Waals surface area contributed by atoms with Crippen LogP contribution in [0.25, 0.3) is 0 Å². The zero-order chi connectivity index (χ0) is 23.9. The van der Waals surface area contributed by atoms with Crippen molar-refractivity contribution >= 4 is 26.0 Å². The van der Waals surface area contributed by atoms with Crippen molar-refractivity contribution in [2.75, 3.05) is 39.8 Å². The number of carbonyl (C=O) groups excluding carboxylic acids is 1. The fourth-order valence-corrected chi connectivity index (χ4v) is 7.24. The number of rotatable bonds is 4. The molecule has 0 radical (unpaired) electrons. The van der Waals surface area contributed by atoms with Crippen molar-refractivity contribution in [2.24, 2.45) is 12.5 Å². The Bertz CT molecular complexity index is 1250. The molecule has 13 heteroatoms. The minimum absolute atomic E-state index is 0.0129. The minimum atomic E-state index is -4.00. The first-order valence-electron chi connectivity index (χ1n) is 10.5. The lowest BCUT2D eigenvalue weighted by Crippen LogP contribution is -2.53. The molecule has 1 amide bonds. The molecule has 2 aliphatic heterocycles. The summed E-state index contributed by atoms with van der Waals surface area (Å²) in [5.41, 5.74) is -0.648. The lowest BCUT2D eigenvalue weighted by Gasteiger charge is -2.44. The van der Waals surface area contributed by atoms with Gasteiger partial charge in [-0.25, -0.2) is 21.8 Å². The zero-order valence-corrected chi connectivity index (χ0v) is 20.1. The van der Waals surface area contributed by atoms with E-state index in [4.69, 9.17) is 4.74 Å². The lowest BCUT2D eigenvalue weighted by atomic mass is 9.79. The predicted octanol–water partition coefficient (Wildman–Crippen LogP) is 0.0203. The summed E-state index contributed by atoms with van der Waals surface area (Å²) < 4.78 is 62.8. The Labute approximate surface area is 193 Å². The van der Waals surface area contributed by atoms with Crippen LogP contribution in [0.5, 0.6) is 5.75 Å². The van der Waals surface area contributed by atoms with Gasteiger partial charge in [0.15, 0.2) is 5.03 Å². The molecular formula is C20H27N5O6S2. The topological polar surface area (TPSA) is 131 Å². The van der Waals surface area contributed by atoms with E-state index in [1.165, 1.54) is 34.2 Å². The molecule has 0 saturated carbocycles. The number of ether oxygens (including phenoxy) is 1. The van der Waals surface area contributed by atoms with Gasteiger partial charge < -0.3 is 14.6 Å². The Hall–Kier alpha value is -2.48. The second-order valence-corrected chi connectivity index (χ2v) is 12.3. The van der Waals surface area contributed by atoms with Crippen LogP contribution >= 0.6 is 0 Å². The highest BCUT2D eigenvalue weighted by molar-refractivity contribution is 7.89. The fourth-order valence-electron chi connectivity index (χ4n) is 4.19. The average molecular weight is 498 g/mol. The van der Waals surface area contributed by atoms with E-state index in [0.29, 0.717) is 12.8 Å². The first kappa shape index (κ1) is 23.7. The number of amides is 1. The maximum absolute atomic E-state index is 13.4. The summed E-state index contributed by atoms with van der Waals surface area (Å²) in [5, 5.41) is 2.46. The van der Waals surface area contributed by atoms with Gasteiger partial charge in [0.05, 0.1) is 19.5 Å². The molecular weight excluding hydrogens is 470 g/mol. The van der Waals surface area contributed by atoms with E-state index in [2.05, 4.69) is 10.3 Å². The van der Waals surface area contributed by atoms with Crippen LogP contribution in [0.2, 0.25) is 0 Å². The fraction of sp³-hybridized carbons (Fsp3) is 0.500. The van der Waals surface area contributed by atoms with Gasteiger partial charge in [-0.2, -0.15) is 8.61 Å². The molecule has 2 aliphatic rings. The number of piperidine rings is 1. The third-order valence-corrected chi connectivity index (χ3v) is 9.80. The second-order valence-electron chi connectivity index (χ2n) is 8.46. The van der Waals surface area contributed by atoms with Crippen molar-refractivity contribution < 1.29 is 26.4 Å². The SMILES string of the molecule is CNC(=O)CN1CC2(CCN(S(=O)(=O)c3cn(C)cn3)CC2)COc2ccccc2S1(=O)=O. The van der Waals surface area contributed by atoms with Crippen LogP contribution in [0.15, 0.2) is 46.7 Å². The molecule has 1 fully saturated rings. The summed E-state index contributed by atoms with van der Waals surface area (Å²) in [5.74, 6) is -0.204. The highest BCUT2D eigenvalue weighted by atomic mass is 32.2. The maximum atomic E-state index is 13.4. The summed E-state index contributed by atoms with van der Waals surface area (Å²) in [6.45, 7) is 0.316. The molecule has 1 N–H and O–H groups in total. The zero-order valence-electron chi connectivity index (χ0n) is 18.5. The molecule has 1 aromatic carbocycles. The number of imidazole rings is 1. The van der Waals surface area contributed by atoms with E-state index in [1.54, 1.807) is 29.8 Å². The molecule has 4 rings (SSSR count). The Balaban J connectivity index is 1.62. The molecule has 0 unspecified atom stereocenters. The van der Waals surface area contributed by atoms with E-state index in [1.807, 2.05) is 0 Å². The van der Waals surface area contributed by atoms with Crippen molar-refractivity contribution in [1.29, 1.82) is 0 Å². The number of para-hydroxylation sites is 1. The van der Waals surface area contributed by atoms with Crippen LogP contribution in [0, 0.1) is 5.41 Å². The van der Waals surface area contributed by atoms with Crippen molar-refractivity contribution in [1.82, 2.24) is 23.5 Å². The first-order valence-corrected chi connectivity index (χ1v) is 13.4. The molecule has 11 nitrogen and oxygen atoms in total. The molecule has 0 atom stereocenters. The van der Waals surface area contributed by atoms with Crippen LogP contribution in [0.1, 0.15) is 12.8 Å². The van der Waals surface area contributed by atoms with Crippen LogP contribution < -0.4 is 10.1 Å². The number of nitrogens with one attached hydrogen (secondary N) is 1. The van der Waals surface area contributed by atoms with E-state index < -0.39 is 31.4 Å². The molecule has 0 aliphatic carbocycles. The van der Waals surface area contributed by atoms with Gasteiger partial charge in [-0.05, 0) is 25.0 Å². The van der Waals surface area contributed by atoms with Gasteiger partial charge in [-0.3, -0.25) is 4.79 Å². The monoisotopic (exact) mass is 497 g/mol. The second kappa shape index (κ2) is 8.70. The number of hydrogen-bond acceptors (Lipinski definition) is 7. The Morgan fingerprint density at radius 2 is 1.94 bits per heavy atom. The standard InChI is InChI=1S/C20H27N5O6S2/c1-21-18(26)11-25-13-20(14-31-16-5-3-4-6-17(16)32(25,27)28)7-9-24(10-8-20)33(29,30)19-12-23(2)15-22-19/h3-6,12,15H,7-11,13-14H2,1-2H3,(H,21,26). The Morgan fingerprint density at radius 3 is 2.58 bits per heavy atom. The van der Waals surface area contributed by atoms with Crippen molar-refractivity contribution in [3.8, 4) is 5.75 Å². The van der Waals surface area contributed by atoms with Crippen LogP contribution in [-0.2, 0) is 31.9 Å². The molecule has 33 heavy (non-hydrogen) atoms. The molecule has 2 aromatic rings. The number of nitrogens with zero attached hydrogens (tertiary/aromatic N) is 4. The summed E-state index contributed by atoms with van der Waals surface area (Å²) >= 11 is 0. The normalized spacial score (nSPS) is 20.9. The minimum Gasteiger partial charge on any atom is -0.492 e. The smallest absolute Gasteiger partial charge is 0.262 e. The quantitative estimate of drug-likeness (QED) is 0.630. The maximum Gasteiger partial charge on any atom is 0.262 e. The van der Waals surface area contributed by atoms with Gasteiger partial charge in [0.25, 0.3) is 10.0 Å². The number of sulfonamides is 2. The van der Waals surface area contributed by atoms with Crippen LogP contribution in [0.4, 0.5) is 0 Å². The lowest BCUT2D eigenvalue weighted by molar-refractivity contribution is -0.121. The first-order chi connectivity index (χ1) is 15.6. The number of hydrogen-bond donors (Lipinski definition) is 1. The Morgan fingerprint density at radius 1 is 1.24 bits per heavy atom. The third-order valence-electron chi connectivity index (χ3n) is 6.18. The van der Waals surface area contributed by atoms with Crippen molar-refractivity contribution in [3.05, 3.63) is 36.8 Å². The van der Waals surface area contributed by atoms with Gasteiger partial charge in [0, 0.05) is 45.3 Å². The van der Waals surface area contributed by atoms with Crippen LogP contribution in [-0.4, -0.2) is 80.7 Å². The number of likely N-dealkylation sites (N-methyl/N-ethyl adjacent to an activating group) is 1. The van der Waals surface area contributed by atoms with Gasteiger partial charge >= 0.3 is 0 Å².